The van der Waals surface area contributed by atoms with Gasteiger partial charge in [-0.1, -0.05) is 48.6 Å². The van der Waals surface area contributed by atoms with Crippen LogP contribution in [0, 0.1) is 0 Å². The second-order valence-corrected chi connectivity index (χ2v) is 5.54. The molecule has 56 valence electrons. The Balaban J connectivity index is 0.000000810. The fourth-order valence-corrected chi connectivity index (χ4v) is 1.83. The normalized spacial score (nSPS) is 9.10. The molecule has 0 heterocycles. The summed E-state index contributed by atoms with van der Waals surface area (Å²) in [5.74, 6) is 0. The van der Waals surface area contributed by atoms with Gasteiger partial charge >= 0.3 is 0 Å². The van der Waals surface area contributed by atoms with Crippen molar-refractivity contribution in [2.75, 3.05) is 0 Å². The molecular weight excluding hydrogens is 180 g/mol. The molecule has 0 aliphatic rings. The first-order valence-corrected chi connectivity index (χ1v) is 6.24. The quantitative estimate of drug-likeness (QED) is 0.589. The Hall–Kier alpha value is -0.0436. The Bertz CT molecular complexity index is 172. The van der Waals surface area contributed by atoms with E-state index in [0.29, 0.717) is 0 Å². The molecule has 2 heteroatoms. The van der Waals surface area contributed by atoms with Crippen LogP contribution in [-0.4, -0.2) is 8.80 Å². The molecule has 10 heavy (non-hydrogen) atoms. The molecule has 0 aliphatic carbocycles. The van der Waals surface area contributed by atoms with Gasteiger partial charge in [-0.2, -0.15) is 0 Å². The molecule has 0 aliphatic heterocycles. The first kappa shape index (κ1) is 9.96. The number of hydrogen-bond donors (Lipinski definition) is 0. The average molecular weight is 192 g/mol. The van der Waals surface area contributed by atoms with Gasteiger partial charge in [-0.15, -0.1) is 0 Å². The summed E-state index contributed by atoms with van der Waals surface area (Å²) in [5, 5.41) is 1.55. The van der Waals surface area contributed by atoms with E-state index in [2.05, 4.69) is 43.4 Å². The zero-order chi connectivity index (χ0) is 6.69. The van der Waals surface area contributed by atoms with Crippen LogP contribution in [0.5, 0.6) is 0 Å². The first-order valence-electron chi connectivity index (χ1n) is 3.35. The molecule has 0 unspecified atom stereocenters. The molecule has 0 nitrogen and oxygen atoms in total. The van der Waals surface area contributed by atoms with E-state index in [4.69, 9.17) is 0 Å². The van der Waals surface area contributed by atoms with Crippen LogP contribution < -0.4 is 5.19 Å². The van der Waals surface area contributed by atoms with Gasteiger partial charge in [0.1, 0.15) is 0 Å². The summed E-state index contributed by atoms with van der Waals surface area (Å²) in [7, 11) is -0.529. The molecule has 0 fully saturated rings. The van der Waals surface area contributed by atoms with Gasteiger partial charge < -0.3 is 0 Å². The standard InChI is InChI=1S/C8H12Si.Fe/c1-9(2)8-6-4-3-5-7-8;/h3-7,9H,1-2H3;. The molecule has 1 rings (SSSR count). The molecule has 0 saturated heterocycles. The van der Waals surface area contributed by atoms with Gasteiger partial charge in [0.2, 0.25) is 0 Å². The summed E-state index contributed by atoms with van der Waals surface area (Å²) in [5.41, 5.74) is 0. The minimum Gasteiger partial charge on any atom is -0.0682 e. The van der Waals surface area contributed by atoms with E-state index in [1.807, 2.05) is 0 Å². The summed E-state index contributed by atoms with van der Waals surface area (Å²) < 4.78 is 0. The molecule has 1 aromatic rings. The Labute approximate surface area is 74.7 Å². The maximum atomic E-state index is 2.34. The van der Waals surface area contributed by atoms with E-state index in [1.54, 1.807) is 5.19 Å². The van der Waals surface area contributed by atoms with Gasteiger partial charge in [0.05, 0.1) is 8.80 Å². The van der Waals surface area contributed by atoms with Gasteiger partial charge in [0.15, 0.2) is 0 Å². The summed E-state index contributed by atoms with van der Waals surface area (Å²) in [6.07, 6.45) is 0. The molecule has 0 amide bonds. The van der Waals surface area contributed by atoms with Crippen LogP contribution in [-0.2, 0) is 17.1 Å². The summed E-state index contributed by atoms with van der Waals surface area (Å²) in [6.45, 7) is 4.69. The SMILES string of the molecule is C[SiH](C)c1ccccc1.[Fe]. The first-order chi connectivity index (χ1) is 4.30. The van der Waals surface area contributed by atoms with Crippen LogP contribution in [0.3, 0.4) is 0 Å². The molecule has 0 bridgehead atoms. The van der Waals surface area contributed by atoms with Crippen molar-refractivity contribution in [1.82, 2.24) is 0 Å². The Morgan fingerprint density at radius 2 is 1.50 bits per heavy atom. The van der Waals surface area contributed by atoms with Crippen LogP contribution >= 0.6 is 0 Å². The van der Waals surface area contributed by atoms with Crippen LogP contribution in [0.15, 0.2) is 30.3 Å². The van der Waals surface area contributed by atoms with Crippen LogP contribution in [0.25, 0.3) is 0 Å². The van der Waals surface area contributed by atoms with Crippen LogP contribution in [0.2, 0.25) is 13.1 Å². The summed E-state index contributed by atoms with van der Waals surface area (Å²) in [6, 6.07) is 10.7. The average Bonchev–Trinajstić information content (AvgIpc) is 1.90. The fraction of sp³-hybridized carbons (Fsp3) is 0.250. The summed E-state index contributed by atoms with van der Waals surface area (Å²) >= 11 is 0. The minimum absolute atomic E-state index is 0. The Morgan fingerprint density at radius 3 is 1.80 bits per heavy atom. The van der Waals surface area contributed by atoms with Gasteiger partial charge in [0.25, 0.3) is 0 Å². The van der Waals surface area contributed by atoms with E-state index in [1.165, 1.54) is 0 Å². The third kappa shape index (κ3) is 2.69. The van der Waals surface area contributed by atoms with E-state index < -0.39 is 8.80 Å². The van der Waals surface area contributed by atoms with E-state index in [0.717, 1.165) is 0 Å². The smallest absolute Gasteiger partial charge is 0.0647 e. The van der Waals surface area contributed by atoms with Crippen molar-refractivity contribution in [2.24, 2.45) is 0 Å². The molecule has 0 radical (unpaired) electrons. The number of rotatable bonds is 1. The minimum atomic E-state index is -0.529. The van der Waals surface area contributed by atoms with E-state index in [-0.39, 0.29) is 17.1 Å². The van der Waals surface area contributed by atoms with E-state index >= 15 is 0 Å². The molecular formula is C8H12FeSi. The second kappa shape index (κ2) is 4.72. The molecule has 0 N–H and O–H groups in total. The van der Waals surface area contributed by atoms with E-state index in [9.17, 15) is 0 Å². The van der Waals surface area contributed by atoms with Gasteiger partial charge in [-0.25, -0.2) is 0 Å². The predicted molar refractivity (Wildman–Crippen MR) is 45.0 cm³/mol. The maximum Gasteiger partial charge on any atom is 0.0647 e. The Kier molecular flexibility index (Phi) is 4.70. The van der Waals surface area contributed by atoms with Crippen molar-refractivity contribution in [2.45, 2.75) is 13.1 Å². The predicted octanol–water partition coefficient (Wildman–Crippen LogP) is 1.38. The van der Waals surface area contributed by atoms with Crippen molar-refractivity contribution >= 4 is 14.0 Å². The van der Waals surface area contributed by atoms with Crippen LogP contribution in [0.4, 0.5) is 0 Å². The number of benzene rings is 1. The largest absolute Gasteiger partial charge is 0.0682 e. The van der Waals surface area contributed by atoms with Crippen molar-refractivity contribution in [3.05, 3.63) is 30.3 Å². The zero-order valence-corrected chi connectivity index (χ0v) is 8.58. The molecule has 0 atom stereocenters. The monoisotopic (exact) mass is 192 g/mol. The Morgan fingerprint density at radius 1 is 1.00 bits per heavy atom. The molecule has 0 aromatic heterocycles. The van der Waals surface area contributed by atoms with Gasteiger partial charge in [0, 0.05) is 17.1 Å². The zero-order valence-electron chi connectivity index (χ0n) is 6.32. The third-order valence-electron chi connectivity index (χ3n) is 1.47. The second-order valence-electron chi connectivity index (χ2n) is 2.57. The maximum absolute atomic E-state index is 2.34. The van der Waals surface area contributed by atoms with Crippen molar-refractivity contribution in [3.8, 4) is 0 Å². The molecule has 0 saturated carbocycles. The third-order valence-corrected chi connectivity index (χ3v) is 3.18. The van der Waals surface area contributed by atoms with Crippen molar-refractivity contribution in [1.29, 1.82) is 0 Å². The molecule has 1 aromatic carbocycles. The summed E-state index contributed by atoms with van der Waals surface area (Å²) in [4.78, 5) is 0. The molecule has 0 spiro atoms. The van der Waals surface area contributed by atoms with Gasteiger partial charge in [-0.3, -0.25) is 0 Å². The van der Waals surface area contributed by atoms with Crippen molar-refractivity contribution in [3.63, 3.8) is 0 Å². The topological polar surface area (TPSA) is 0 Å². The fourth-order valence-electron chi connectivity index (χ4n) is 0.838. The van der Waals surface area contributed by atoms with Crippen LogP contribution in [0.1, 0.15) is 0 Å². The number of hydrogen-bond acceptors (Lipinski definition) is 0. The van der Waals surface area contributed by atoms with Crippen molar-refractivity contribution < 1.29 is 17.1 Å². The van der Waals surface area contributed by atoms with Gasteiger partial charge in [-0.05, 0) is 0 Å².